The number of carbonyl (C=O) groups is 2. The molecule has 252 valence electrons. The monoisotopic (exact) mass is 658 g/mol. The van der Waals surface area contributed by atoms with Crippen LogP contribution in [-0.2, 0) is 26.3 Å². The molecule has 8 atom stereocenters. The molecule has 8 heteroatoms. The van der Waals surface area contributed by atoms with E-state index in [-0.39, 0.29) is 46.1 Å². The first-order chi connectivity index (χ1) is 22.1. The number of fused-ring (bicyclic) bond motifs is 1. The molecule has 7 nitrogen and oxygen atoms in total. The molecule has 0 aliphatic heterocycles. The molecule has 2 aromatic heterocycles. The van der Waals surface area contributed by atoms with E-state index in [1.807, 2.05) is 25.3 Å². The van der Waals surface area contributed by atoms with Gasteiger partial charge in [-0.3, -0.25) is 9.59 Å². The van der Waals surface area contributed by atoms with Crippen molar-refractivity contribution in [3.63, 3.8) is 0 Å². The van der Waals surface area contributed by atoms with Gasteiger partial charge in [-0.25, -0.2) is 4.98 Å². The van der Waals surface area contributed by atoms with Gasteiger partial charge in [0.2, 0.25) is 0 Å². The van der Waals surface area contributed by atoms with E-state index < -0.39 is 23.0 Å². The minimum atomic E-state index is -0.678. The van der Waals surface area contributed by atoms with Crippen molar-refractivity contribution in [1.29, 1.82) is 0 Å². The summed E-state index contributed by atoms with van der Waals surface area (Å²) in [4.78, 5) is 35.4. The molecule has 3 aromatic rings. The van der Waals surface area contributed by atoms with Gasteiger partial charge >= 0.3 is 5.97 Å². The number of pyridine rings is 1. The number of hydrogen-bond acceptors (Lipinski definition) is 6. The van der Waals surface area contributed by atoms with Crippen molar-refractivity contribution >= 4 is 34.5 Å². The lowest BCUT2D eigenvalue weighted by atomic mass is 9.44. The highest BCUT2D eigenvalue weighted by molar-refractivity contribution is 7.99. The summed E-state index contributed by atoms with van der Waals surface area (Å²) in [6, 6.07) is 10.8. The van der Waals surface area contributed by atoms with Crippen LogP contribution in [0.3, 0.4) is 0 Å². The fourth-order valence-electron chi connectivity index (χ4n) is 9.29. The maximum absolute atomic E-state index is 13.7. The number of aromatic amines is 1. The first-order valence-corrected chi connectivity index (χ1v) is 18.2. The average molecular weight is 659 g/mol. The highest BCUT2D eigenvalue weighted by Gasteiger charge is 2.68. The number of H-pyrrole nitrogens is 1. The molecule has 6 rings (SSSR count). The molecule has 1 aromatic carbocycles. The Hall–Kier alpha value is -2.97. The number of nitrogens with one attached hydrogen (secondary N) is 1. The topological polar surface area (TPSA) is 96.2 Å². The number of benzene rings is 1. The Balaban J connectivity index is 1.18. The number of aromatic nitrogens is 3. The van der Waals surface area contributed by atoms with Crippen molar-refractivity contribution in [2.45, 2.75) is 110 Å². The van der Waals surface area contributed by atoms with E-state index >= 15 is 0 Å². The molecule has 3 saturated carbocycles. The van der Waals surface area contributed by atoms with Crippen LogP contribution in [0.5, 0.6) is 0 Å². The van der Waals surface area contributed by atoms with Crippen LogP contribution in [0, 0.1) is 34.0 Å². The molecule has 0 amide bonds. The summed E-state index contributed by atoms with van der Waals surface area (Å²) in [5.74, 6) is -0.0726. The number of rotatable bonds is 7. The molecule has 3 aliphatic rings. The molecule has 3 aliphatic carbocycles. The van der Waals surface area contributed by atoms with Crippen molar-refractivity contribution < 1.29 is 24.0 Å². The number of esters is 1. The van der Waals surface area contributed by atoms with E-state index in [2.05, 4.69) is 88.1 Å². The van der Waals surface area contributed by atoms with E-state index in [0.717, 1.165) is 36.8 Å². The van der Waals surface area contributed by atoms with Gasteiger partial charge < -0.3 is 14.8 Å². The van der Waals surface area contributed by atoms with Gasteiger partial charge in [0.25, 0.3) is 0 Å². The lowest BCUT2D eigenvalue weighted by Crippen LogP contribution is -2.63. The van der Waals surface area contributed by atoms with Crippen LogP contribution < -0.4 is 4.57 Å². The van der Waals surface area contributed by atoms with Crippen molar-refractivity contribution in [2.24, 2.45) is 34.0 Å². The van der Waals surface area contributed by atoms with E-state index in [1.54, 1.807) is 0 Å². The van der Waals surface area contributed by atoms with E-state index in [1.165, 1.54) is 22.9 Å². The van der Waals surface area contributed by atoms with Crippen LogP contribution in [0.1, 0.15) is 91.7 Å². The maximum atomic E-state index is 13.7. The standard InChI is InChI=1S/C39H51N3O4S/c1-9-37(7)20-31(38(8)24(2)14-17-39(25(3)34(37)45)18-15-30(43)33(38)39)46-32(44)23-47-35-40-28-16-19-42(22-29(28)41-35)21-26-10-12-27(13-11-26)36(4,5)6/h9-13,16,19,22,24-25,31,33-34,45H,1,14-15,17-18,20-21,23H2,2-8H3/p+1/t24-,25+,31-,33+,34+,37-,38+,39+/m1/s1. The number of aliphatic hydroxyl groups excluding tert-OH is 1. The molecule has 2 N–H and O–H groups in total. The molecule has 2 heterocycles. The normalized spacial score (nSPS) is 34.0. The third-order valence-electron chi connectivity index (χ3n) is 12.5. The number of ether oxygens (including phenoxy) is 1. The van der Waals surface area contributed by atoms with Crippen molar-refractivity contribution in [3.05, 3.63) is 66.5 Å². The molecule has 2 bridgehead atoms. The lowest BCUT2D eigenvalue weighted by molar-refractivity contribution is -0.687. The highest BCUT2D eigenvalue weighted by Crippen LogP contribution is 2.68. The molecule has 0 radical (unpaired) electrons. The van der Waals surface area contributed by atoms with Gasteiger partial charge in [0.15, 0.2) is 24.1 Å². The van der Waals surface area contributed by atoms with Gasteiger partial charge in [-0.15, -0.1) is 6.58 Å². The van der Waals surface area contributed by atoms with Gasteiger partial charge in [-0.05, 0) is 53.9 Å². The third-order valence-corrected chi connectivity index (χ3v) is 13.4. The van der Waals surface area contributed by atoms with E-state index in [4.69, 9.17) is 9.72 Å². The summed E-state index contributed by atoms with van der Waals surface area (Å²) in [5.41, 5.74) is 2.94. The molecule has 3 fully saturated rings. The summed E-state index contributed by atoms with van der Waals surface area (Å²) in [5, 5.41) is 12.4. The third kappa shape index (κ3) is 5.88. The van der Waals surface area contributed by atoms with Crippen LogP contribution in [0.15, 0.2) is 60.5 Å². The molecule has 0 saturated heterocycles. The van der Waals surface area contributed by atoms with Gasteiger partial charge in [0, 0.05) is 34.8 Å². The highest BCUT2D eigenvalue weighted by atomic mass is 32.2. The van der Waals surface area contributed by atoms with Crippen molar-refractivity contribution in [1.82, 2.24) is 9.97 Å². The number of ketones is 1. The fourth-order valence-corrected chi connectivity index (χ4v) is 9.95. The molecular weight excluding hydrogens is 607 g/mol. The molecular formula is C39H52N3O4S+. The van der Waals surface area contributed by atoms with Gasteiger partial charge in [-0.2, -0.15) is 4.57 Å². The number of Topliss-reactive ketones (excluding diaryl/α,β-unsaturated/α-hetero) is 1. The van der Waals surface area contributed by atoms with Crippen LogP contribution in [-0.4, -0.2) is 44.8 Å². The maximum Gasteiger partial charge on any atom is 0.316 e. The molecule has 47 heavy (non-hydrogen) atoms. The van der Waals surface area contributed by atoms with E-state index in [9.17, 15) is 14.7 Å². The fraction of sp³-hybridized carbons (Fsp3) is 0.590. The zero-order valence-corrected chi connectivity index (χ0v) is 30.0. The Morgan fingerprint density at radius 1 is 1.19 bits per heavy atom. The number of imidazole rings is 1. The SMILES string of the molecule is C=C[C@]1(C)C[C@@H](OC(=O)CSc2nc3cc[n+](Cc4ccc(C(C)(C)C)cc4)cc3[nH]2)[C@]2(C)[C@H](C)CC[C@]3(CCC(=O)[C@H]32)[C@@H](C)[C@@H]1O. The summed E-state index contributed by atoms with van der Waals surface area (Å²) >= 11 is 1.33. The zero-order chi connectivity index (χ0) is 33.9. The largest absolute Gasteiger partial charge is 0.461 e. The summed E-state index contributed by atoms with van der Waals surface area (Å²) in [7, 11) is 0. The Kier molecular flexibility index (Phi) is 8.78. The second-order valence-electron chi connectivity index (χ2n) is 16.3. The smallest absolute Gasteiger partial charge is 0.316 e. The summed E-state index contributed by atoms with van der Waals surface area (Å²) in [6.45, 7) is 20.0. The number of carbonyl (C=O) groups excluding carboxylic acids is 2. The van der Waals surface area contributed by atoms with Crippen LogP contribution >= 0.6 is 11.8 Å². The first kappa shape index (κ1) is 33.9. The second kappa shape index (κ2) is 12.2. The Morgan fingerprint density at radius 2 is 1.91 bits per heavy atom. The van der Waals surface area contributed by atoms with Gasteiger partial charge in [0.05, 0.1) is 11.9 Å². The number of hydrogen-bond donors (Lipinski definition) is 2. The lowest BCUT2D eigenvalue weighted by Gasteiger charge is -2.61. The van der Waals surface area contributed by atoms with Crippen molar-refractivity contribution in [3.8, 4) is 0 Å². The summed E-state index contributed by atoms with van der Waals surface area (Å²) in [6.07, 6.45) is 8.33. The Morgan fingerprint density at radius 3 is 2.60 bits per heavy atom. The number of thioether (sulfide) groups is 1. The quantitative estimate of drug-likeness (QED) is 0.121. The Labute approximate surface area is 284 Å². The zero-order valence-electron chi connectivity index (χ0n) is 29.1. The number of nitrogens with zero attached hydrogens (tertiary/aromatic N) is 2. The minimum absolute atomic E-state index is 0.0539. The van der Waals surface area contributed by atoms with Gasteiger partial charge in [0.1, 0.15) is 22.9 Å². The average Bonchev–Trinajstić information content (AvgIpc) is 3.61. The van der Waals surface area contributed by atoms with Gasteiger partial charge in [-0.1, -0.05) is 90.6 Å². The van der Waals surface area contributed by atoms with Crippen LogP contribution in [0.2, 0.25) is 0 Å². The Bertz CT molecular complexity index is 1680. The second-order valence-corrected chi connectivity index (χ2v) is 17.2. The molecule has 0 spiro atoms. The minimum Gasteiger partial charge on any atom is -0.461 e. The van der Waals surface area contributed by atoms with Crippen LogP contribution in [0.4, 0.5) is 0 Å². The number of aliphatic hydroxyl groups is 1. The van der Waals surface area contributed by atoms with E-state index in [0.29, 0.717) is 18.0 Å². The van der Waals surface area contributed by atoms with Crippen LogP contribution in [0.25, 0.3) is 11.0 Å². The predicted molar refractivity (Wildman–Crippen MR) is 186 cm³/mol. The predicted octanol–water partition coefficient (Wildman–Crippen LogP) is 7.19. The first-order valence-electron chi connectivity index (χ1n) is 17.3. The van der Waals surface area contributed by atoms with Crippen molar-refractivity contribution in [2.75, 3.05) is 5.75 Å². The summed E-state index contributed by atoms with van der Waals surface area (Å²) < 4.78 is 8.55. The molecule has 0 unspecified atom stereocenters.